The highest BCUT2D eigenvalue weighted by atomic mass is 15.1. The number of hydrogen-bond donors (Lipinski definition) is 0. The molecule has 0 heterocycles. The molecular formula is C20H26N. The van der Waals surface area contributed by atoms with Gasteiger partial charge in [-0.2, -0.15) is 0 Å². The van der Waals surface area contributed by atoms with Crippen LogP contribution in [0.25, 0.3) is 11.1 Å². The van der Waals surface area contributed by atoms with Crippen molar-refractivity contribution in [3.05, 3.63) is 53.6 Å². The van der Waals surface area contributed by atoms with Crippen molar-refractivity contribution in [1.29, 1.82) is 0 Å². The molecule has 0 aliphatic carbocycles. The van der Waals surface area contributed by atoms with Crippen molar-refractivity contribution in [2.45, 2.75) is 39.5 Å². The van der Waals surface area contributed by atoms with Crippen molar-refractivity contribution in [1.82, 2.24) is 0 Å². The van der Waals surface area contributed by atoms with Gasteiger partial charge < -0.3 is 4.90 Å². The lowest BCUT2D eigenvalue weighted by atomic mass is 9.91. The molecule has 0 amide bonds. The van der Waals surface area contributed by atoms with Gasteiger partial charge in [-0.3, -0.25) is 0 Å². The summed E-state index contributed by atoms with van der Waals surface area (Å²) >= 11 is 0. The summed E-state index contributed by atoms with van der Waals surface area (Å²) in [4.78, 5) is 2.14. The third-order valence-corrected chi connectivity index (χ3v) is 3.85. The molecule has 1 radical (unpaired) electrons. The van der Waals surface area contributed by atoms with Crippen LogP contribution in [0.15, 0.2) is 36.4 Å². The average molecular weight is 280 g/mol. The predicted octanol–water partition coefficient (Wildman–Crippen LogP) is 5.47. The van der Waals surface area contributed by atoms with E-state index in [0.717, 1.165) is 0 Å². The smallest absolute Gasteiger partial charge is 0.0367 e. The van der Waals surface area contributed by atoms with Crippen molar-refractivity contribution < 1.29 is 0 Å². The molecule has 0 aliphatic heterocycles. The first kappa shape index (κ1) is 15.6. The number of benzene rings is 2. The zero-order chi connectivity index (χ0) is 15.6. The molecule has 21 heavy (non-hydrogen) atoms. The van der Waals surface area contributed by atoms with Crippen LogP contribution in [-0.4, -0.2) is 14.1 Å². The van der Waals surface area contributed by atoms with E-state index in [4.69, 9.17) is 0 Å². The van der Waals surface area contributed by atoms with Gasteiger partial charge in [0.1, 0.15) is 0 Å². The number of hydrogen-bond acceptors (Lipinski definition) is 1. The fraction of sp³-hybridized carbons (Fsp3) is 0.400. The monoisotopic (exact) mass is 280 g/mol. The molecular weight excluding hydrogens is 254 g/mol. The third kappa shape index (κ3) is 3.66. The van der Waals surface area contributed by atoms with Crippen LogP contribution in [0.5, 0.6) is 0 Å². The number of rotatable bonds is 4. The topological polar surface area (TPSA) is 3.24 Å². The highest BCUT2D eigenvalue weighted by Gasteiger charge is 2.09. The highest BCUT2D eigenvalue weighted by Crippen LogP contribution is 2.30. The van der Waals surface area contributed by atoms with E-state index in [1.165, 1.54) is 27.9 Å². The minimum atomic E-state index is 0.500. The molecule has 0 saturated carbocycles. The molecule has 0 bridgehead atoms. The van der Waals surface area contributed by atoms with Crippen molar-refractivity contribution in [3.63, 3.8) is 0 Å². The summed E-state index contributed by atoms with van der Waals surface area (Å²) in [5.41, 5.74) is 6.40. The Morgan fingerprint density at radius 2 is 1.38 bits per heavy atom. The fourth-order valence-electron chi connectivity index (χ4n) is 2.37. The second-order valence-corrected chi connectivity index (χ2v) is 6.53. The molecule has 2 aromatic carbocycles. The van der Waals surface area contributed by atoms with Crippen LogP contribution in [0.3, 0.4) is 0 Å². The first-order chi connectivity index (χ1) is 9.88. The summed E-state index contributed by atoms with van der Waals surface area (Å²) < 4.78 is 0. The predicted molar refractivity (Wildman–Crippen MR) is 93.2 cm³/mol. The van der Waals surface area contributed by atoms with Gasteiger partial charge >= 0.3 is 0 Å². The third-order valence-electron chi connectivity index (χ3n) is 3.85. The maximum Gasteiger partial charge on any atom is 0.0367 e. The Balaban J connectivity index is 2.54. The number of anilines is 1. The van der Waals surface area contributed by atoms with Crippen molar-refractivity contribution in [2.24, 2.45) is 0 Å². The minimum absolute atomic E-state index is 0.500. The van der Waals surface area contributed by atoms with E-state index in [1.807, 2.05) is 0 Å². The van der Waals surface area contributed by atoms with Crippen LogP contribution in [0.4, 0.5) is 5.69 Å². The van der Waals surface area contributed by atoms with E-state index in [-0.39, 0.29) is 0 Å². The van der Waals surface area contributed by atoms with Crippen molar-refractivity contribution >= 4 is 5.69 Å². The van der Waals surface area contributed by atoms with Crippen molar-refractivity contribution in [3.8, 4) is 11.1 Å². The molecule has 2 aromatic rings. The molecule has 2 rings (SSSR count). The van der Waals surface area contributed by atoms with E-state index in [9.17, 15) is 0 Å². The van der Waals surface area contributed by atoms with E-state index in [2.05, 4.69) is 89.2 Å². The molecule has 0 fully saturated rings. The van der Waals surface area contributed by atoms with Crippen LogP contribution < -0.4 is 4.90 Å². The van der Waals surface area contributed by atoms with Crippen LogP contribution in [0.1, 0.15) is 50.7 Å². The summed E-state index contributed by atoms with van der Waals surface area (Å²) in [6.07, 6.45) is 0. The first-order valence-electron chi connectivity index (χ1n) is 7.73. The Labute approximate surface area is 129 Å². The van der Waals surface area contributed by atoms with Crippen LogP contribution in [0.2, 0.25) is 0 Å². The second kappa shape index (κ2) is 6.34. The minimum Gasteiger partial charge on any atom is -0.378 e. The van der Waals surface area contributed by atoms with Gasteiger partial charge in [-0.25, -0.2) is 0 Å². The van der Waals surface area contributed by atoms with Gasteiger partial charge in [0.25, 0.3) is 0 Å². The average Bonchev–Trinajstić information content (AvgIpc) is 2.46. The molecule has 1 heteroatoms. The molecule has 0 saturated heterocycles. The SMILES string of the molecule is CC(C)c1[c]c(C(C)C)cc(-c2cccc(N(C)C)c2)c1. The molecule has 1 nitrogen and oxygen atoms in total. The fourth-order valence-corrected chi connectivity index (χ4v) is 2.37. The largest absolute Gasteiger partial charge is 0.378 e. The van der Waals surface area contributed by atoms with E-state index in [0.29, 0.717) is 11.8 Å². The maximum atomic E-state index is 3.58. The standard InChI is InChI=1S/C20H26N/c1-14(2)17-10-18(15(3)4)12-19(11-17)16-8-7-9-20(13-16)21(5)6/h7-9,11-15H,1-6H3. The highest BCUT2D eigenvalue weighted by molar-refractivity contribution is 5.69. The van der Waals surface area contributed by atoms with Gasteiger partial charge in [-0.05, 0) is 52.3 Å². The van der Waals surface area contributed by atoms with Gasteiger partial charge in [-0.1, -0.05) is 52.0 Å². The van der Waals surface area contributed by atoms with Gasteiger partial charge in [0, 0.05) is 19.8 Å². The molecule has 0 aromatic heterocycles. The maximum absolute atomic E-state index is 3.58. The molecule has 0 N–H and O–H groups in total. The van der Waals surface area contributed by atoms with E-state index >= 15 is 0 Å². The Morgan fingerprint density at radius 3 is 1.86 bits per heavy atom. The first-order valence-corrected chi connectivity index (χ1v) is 7.73. The van der Waals surface area contributed by atoms with Gasteiger partial charge in [0.05, 0.1) is 0 Å². The van der Waals surface area contributed by atoms with Crippen LogP contribution in [0, 0.1) is 6.07 Å². The van der Waals surface area contributed by atoms with E-state index in [1.54, 1.807) is 0 Å². The lowest BCUT2D eigenvalue weighted by molar-refractivity contribution is 0.831. The summed E-state index contributed by atoms with van der Waals surface area (Å²) in [5, 5.41) is 0. The second-order valence-electron chi connectivity index (χ2n) is 6.53. The lowest BCUT2D eigenvalue weighted by Gasteiger charge is -2.16. The molecule has 0 aliphatic rings. The van der Waals surface area contributed by atoms with E-state index < -0.39 is 0 Å². The summed E-state index contributed by atoms with van der Waals surface area (Å²) in [6.45, 7) is 8.93. The summed E-state index contributed by atoms with van der Waals surface area (Å²) in [5.74, 6) is 0.999. The Bertz CT molecular complexity index is 583. The normalized spacial score (nSPS) is 11.2. The summed E-state index contributed by atoms with van der Waals surface area (Å²) in [7, 11) is 4.16. The van der Waals surface area contributed by atoms with Gasteiger partial charge in [0.15, 0.2) is 0 Å². The quantitative estimate of drug-likeness (QED) is 0.718. The Kier molecular flexibility index (Phi) is 4.72. The zero-order valence-electron chi connectivity index (χ0n) is 14.1. The Hall–Kier alpha value is -1.76. The van der Waals surface area contributed by atoms with Crippen LogP contribution in [-0.2, 0) is 0 Å². The Morgan fingerprint density at radius 1 is 0.810 bits per heavy atom. The zero-order valence-corrected chi connectivity index (χ0v) is 14.1. The number of nitrogens with zero attached hydrogens (tertiary/aromatic N) is 1. The van der Waals surface area contributed by atoms with Gasteiger partial charge in [0.2, 0.25) is 0 Å². The van der Waals surface area contributed by atoms with Crippen molar-refractivity contribution in [2.75, 3.05) is 19.0 Å². The lowest BCUT2D eigenvalue weighted by Crippen LogP contribution is -2.08. The molecule has 0 unspecified atom stereocenters. The summed E-state index contributed by atoms with van der Waals surface area (Å²) in [6, 6.07) is 16.9. The molecule has 0 spiro atoms. The molecule has 111 valence electrons. The molecule has 0 atom stereocenters. The van der Waals surface area contributed by atoms with Crippen LogP contribution >= 0.6 is 0 Å². The van der Waals surface area contributed by atoms with Gasteiger partial charge in [-0.15, -0.1) is 0 Å².